The van der Waals surface area contributed by atoms with Crippen molar-refractivity contribution < 1.29 is 23.9 Å². The lowest BCUT2D eigenvalue weighted by molar-refractivity contribution is -0.142. The number of benzene rings is 1. The number of amides is 1. The van der Waals surface area contributed by atoms with Crippen molar-refractivity contribution >= 4 is 17.8 Å². The first-order valence-corrected chi connectivity index (χ1v) is 7.21. The topological polar surface area (TPSA) is 81.7 Å². The van der Waals surface area contributed by atoms with Gasteiger partial charge in [-0.1, -0.05) is 12.1 Å². The monoisotopic (exact) mass is 305 g/mol. The molecule has 1 N–H and O–H groups in total. The van der Waals surface area contributed by atoms with E-state index in [1.54, 1.807) is 13.0 Å². The predicted molar refractivity (Wildman–Crippen MR) is 78.8 cm³/mol. The second-order valence-electron chi connectivity index (χ2n) is 5.06. The van der Waals surface area contributed by atoms with E-state index < -0.39 is 12.1 Å². The first-order chi connectivity index (χ1) is 10.5. The zero-order valence-electron chi connectivity index (χ0n) is 12.7. The molecule has 0 radical (unpaired) electrons. The fourth-order valence-corrected chi connectivity index (χ4v) is 2.52. The average molecular weight is 305 g/mol. The van der Waals surface area contributed by atoms with E-state index >= 15 is 0 Å². The number of carbonyl (C=O) groups is 3. The molecule has 0 heterocycles. The van der Waals surface area contributed by atoms with Crippen LogP contribution in [0.15, 0.2) is 18.2 Å². The Bertz CT molecular complexity index is 596. The molecule has 118 valence electrons. The lowest BCUT2D eigenvalue weighted by Gasteiger charge is -2.24. The molecule has 0 saturated heterocycles. The summed E-state index contributed by atoms with van der Waals surface area (Å²) in [6.45, 7) is 2.07. The zero-order chi connectivity index (χ0) is 16.1. The number of esters is 1. The standard InChI is InChI=1S/C16H19NO5/c1-3-22-14(18)9-10-4-5-11-6-7-13(17-16(20)21-2)15(19)12(11)8-10/h4-5,8,13H,3,6-7,9H2,1-2H3,(H,17,20). The molecule has 1 atom stereocenters. The summed E-state index contributed by atoms with van der Waals surface area (Å²) in [6, 6.07) is 4.81. The number of methoxy groups -OCH3 is 1. The van der Waals surface area contributed by atoms with Gasteiger partial charge in [0.1, 0.15) is 0 Å². The number of fused-ring (bicyclic) bond motifs is 1. The third-order valence-electron chi connectivity index (χ3n) is 3.59. The van der Waals surface area contributed by atoms with Gasteiger partial charge in [-0.3, -0.25) is 9.59 Å². The summed E-state index contributed by atoms with van der Waals surface area (Å²) in [5, 5.41) is 2.54. The second-order valence-corrected chi connectivity index (χ2v) is 5.06. The molecule has 6 heteroatoms. The molecule has 6 nitrogen and oxygen atoms in total. The van der Waals surface area contributed by atoms with Crippen molar-refractivity contribution in [1.82, 2.24) is 5.32 Å². The molecule has 1 aromatic rings. The Kier molecular flexibility index (Phi) is 5.14. The van der Waals surface area contributed by atoms with Crippen LogP contribution < -0.4 is 5.32 Å². The molecule has 2 rings (SSSR count). The van der Waals surface area contributed by atoms with Gasteiger partial charge in [0.25, 0.3) is 0 Å². The van der Waals surface area contributed by atoms with Crippen LogP contribution in [0, 0.1) is 0 Å². The maximum absolute atomic E-state index is 12.4. The molecule has 0 fully saturated rings. The Labute approximate surface area is 128 Å². The first kappa shape index (κ1) is 16.0. The highest BCUT2D eigenvalue weighted by Gasteiger charge is 2.29. The van der Waals surface area contributed by atoms with E-state index in [-0.39, 0.29) is 18.2 Å². The Morgan fingerprint density at radius 2 is 2.14 bits per heavy atom. The number of ketones is 1. The van der Waals surface area contributed by atoms with Crippen LogP contribution in [-0.2, 0) is 27.1 Å². The molecule has 22 heavy (non-hydrogen) atoms. The third-order valence-corrected chi connectivity index (χ3v) is 3.59. The number of hydrogen-bond donors (Lipinski definition) is 1. The number of nitrogens with one attached hydrogen (secondary N) is 1. The number of aryl methyl sites for hydroxylation is 1. The lowest BCUT2D eigenvalue weighted by atomic mass is 9.86. The number of ether oxygens (including phenoxy) is 2. The van der Waals surface area contributed by atoms with E-state index in [1.165, 1.54) is 7.11 Å². The smallest absolute Gasteiger partial charge is 0.407 e. The van der Waals surface area contributed by atoms with Crippen molar-refractivity contribution in [2.75, 3.05) is 13.7 Å². The maximum Gasteiger partial charge on any atom is 0.407 e. The van der Waals surface area contributed by atoms with Gasteiger partial charge in [0.05, 0.1) is 26.2 Å². The fraction of sp³-hybridized carbons (Fsp3) is 0.438. The summed E-state index contributed by atoms with van der Waals surface area (Å²) in [6.07, 6.45) is 0.737. The van der Waals surface area contributed by atoms with E-state index in [0.717, 1.165) is 11.1 Å². The minimum atomic E-state index is -0.621. The zero-order valence-corrected chi connectivity index (χ0v) is 12.7. The van der Waals surface area contributed by atoms with Crippen molar-refractivity contribution in [1.29, 1.82) is 0 Å². The van der Waals surface area contributed by atoms with Gasteiger partial charge in [-0.2, -0.15) is 0 Å². The van der Waals surface area contributed by atoms with Gasteiger partial charge in [0, 0.05) is 5.56 Å². The molecule has 1 aliphatic rings. The average Bonchev–Trinajstić information content (AvgIpc) is 2.50. The molecule has 1 aliphatic carbocycles. The number of Topliss-reactive ketones (excluding diaryl/α,β-unsaturated/α-hetero) is 1. The number of hydrogen-bond acceptors (Lipinski definition) is 5. The van der Waals surface area contributed by atoms with E-state index in [1.807, 2.05) is 12.1 Å². The summed E-state index contributed by atoms with van der Waals surface area (Å²) in [4.78, 5) is 35.3. The third kappa shape index (κ3) is 3.63. The van der Waals surface area contributed by atoms with Crippen LogP contribution in [0.25, 0.3) is 0 Å². The van der Waals surface area contributed by atoms with E-state index in [9.17, 15) is 14.4 Å². The van der Waals surface area contributed by atoms with E-state index in [4.69, 9.17) is 4.74 Å². The molecular formula is C16H19NO5. The molecule has 1 aromatic carbocycles. The van der Waals surface area contributed by atoms with Crippen molar-refractivity contribution in [3.8, 4) is 0 Å². The van der Waals surface area contributed by atoms with Crippen LogP contribution in [0.5, 0.6) is 0 Å². The van der Waals surface area contributed by atoms with Gasteiger partial charge < -0.3 is 14.8 Å². The predicted octanol–water partition coefficient (Wildman–Crippen LogP) is 1.65. The van der Waals surface area contributed by atoms with Gasteiger partial charge >= 0.3 is 12.1 Å². The summed E-state index contributed by atoms with van der Waals surface area (Å²) in [7, 11) is 1.26. The minimum absolute atomic E-state index is 0.128. The number of carbonyl (C=O) groups excluding carboxylic acids is 3. The Hall–Kier alpha value is -2.37. The molecule has 0 bridgehead atoms. The quantitative estimate of drug-likeness (QED) is 0.855. The van der Waals surface area contributed by atoms with E-state index in [2.05, 4.69) is 10.1 Å². The van der Waals surface area contributed by atoms with Crippen molar-refractivity contribution in [3.63, 3.8) is 0 Å². The minimum Gasteiger partial charge on any atom is -0.466 e. The first-order valence-electron chi connectivity index (χ1n) is 7.21. The van der Waals surface area contributed by atoms with Crippen LogP contribution in [0.1, 0.15) is 34.8 Å². The Morgan fingerprint density at radius 3 is 2.82 bits per heavy atom. The summed E-state index contributed by atoms with van der Waals surface area (Å²) in [5.41, 5.74) is 2.21. The second kappa shape index (κ2) is 7.06. The Morgan fingerprint density at radius 1 is 1.36 bits per heavy atom. The maximum atomic E-state index is 12.4. The van der Waals surface area contributed by atoms with Gasteiger partial charge in [-0.25, -0.2) is 4.79 Å². The highest BCUT2D eigenvalue weighted by molar-refractivity contribution is 6.03. The fourth-order valence-electron chi connectivity index (χ4n) is 2.52. The summed E-state index contributed by atoms with van der Waals surface area (Å²) >= 11 is 0. The van der Waals surface area contributed by atoms with Crippen LogP contribution >= 0.6 is 0 Å². The van der Waals surface area contributed by atoms with Crippen LogP contribution in [-0.4, -0.2) is 37.6 Å². The number of rotatable bonds is 4. The van der Waals surface area contributed by atoms with Gasteiger partial charge in [-0.05, 0) is 37.0 Å². The summed E-state index contributed by atoms with van der Waals surface area (Å²) < 4.78 is 9.44. The Balaban J connectivity index is 2.16. The van der Waals surface area contributed by atoms with Crippen LogP contribution in [0.4, 0.5) is 4.79 Å². The molecule has 1 unspecified atom stereocenters. The molecule has 0 aliphatic heterocycles. The molecular weight excluding hydrogens is 286 g/mol. The van der Waals surface area contributed by atoms with E-state index in [0.29, 0.717) is 25.0 Å². The van der Waals surface area contributed by atoms with Crippen LogP contribution in [0.2, 0.25) is 0 Å². The molecule has 1 amide bonds. The summed E-state index contributed by atoms with van der Waals surface area (Å²) in [5.74, 6) is -0.479. The van der Waals surface area contributed by atoms with Gasteiger partial charge in [0.2, 0.25) is 0 Å². The van der Waals surface area contributed by atoms with Crippen molar-refractivity contribution in [2.24, 2.45) is 0 Å². The van der Waals surface area contributed by atoms with Crippen LogP contribution in [0.3, 0.4) is 0 Å². The van der Waals surface area contributed by atoms with Gasteiger partial charge in [0.15, 0.2) is 5.78 Å². The molecule has 0 saturated carbocycles. The lowest BCUT2D eigenvalue weighted by Crippen LogP contribution is -2.43. The largest absolute Gasteiger partial charge is 0.466 e. The van der Waals surface area contributed by atoms with Crippen molar-refractivity contribution in [3.05, 3.63) is 34.9 Å². The van der Waals surface area contributed by atoms with Gasteiger partial charge in [-0.15, -0.1) is 0 Å². The molecule has 0 aromatic heterocycles. The highest BCUT2D eigenvalue weighted by atomic mass is 16.5. The number of alkyl carbamates (subject to hydrolysis) is 1. The molecule has 0 spiro atoms. The normalized spacial score (nSPS) is 16.6. The van der Waals surface area contributed by atoms with Crippen molar-refractivity contribution in [2.45, 2.75) is 32.2 Å². The SMILES string of the molecule is CCOC(=O)Cc1ccc2c(c1)C(=O)C(NC(=O)OC)CC2. The highest BCUT2D eigenvalue weighted by Crippen LogP contribution is 2.23.